The second kappa shape index (κ2) is 5.24. The lowest BCUT2D eigenvalue weighted by Crippen LogP contribution is -2.19. The maximum absolute atomic E-state index is 9.05. The van der Waals surface area contributed by atoms with Gasteiger partial charge in [0.25, 0.3) is 0 Å². The van der Waals surface area contributed by atoms with Crippen molar-refractivity contribution in [2.24, 2.45) is 4.99 Å². The average molecular weight is 364 g/mol. The predicted octanol–water partition coefficient (Wildman–Crippen LogP) is 4.07. The van der Waals surface area contributed by atoms with E-state index in [-0.39, 0.29) is 17.0 Å². The van der Waals surface area contributed by atoms with Gasteiger partial charge < -0.3 is 4.90 Å². The Kier molecular flexibility index (Phi) is 3.59. The molecule has 4 rings (SSSR count). The van der Waals surface area contributed by atoms with Crippen molar-refractivity contribution in [2.45, 2.75) is 0 Å². The van der Waals surface area contributed by atoms with Crippen LogP contribution in [-0.2, 0) is 0 Å². The first-order valence-corrected chi connectivity index (χ1v) is 7.73. The van der Waals surface area contributed by atoms with Gasteiger partial charge in [-0.2, -0.15) is 5.26 Å². The van der Waals surface area contributed by atoms with Crippen molar-refractivity contribution in [3.05, 3.63) is 40.1 Å². The maximum Gasteiger partial charge on any atom is 0.168 e. The van der Waals surface area contributed by atoms with E-state index in [1.54, 1.807) is 23.1 Å². The number of hydrogen-bond acceptors (Lipinski definition) is 5. The summed E-state index contributed by atoms with van der Waals surface area (Å²) in [4.78, 5) is 6.75. The minimum atomic E-state index is 0. The molecule has 1 aromatic heterocycles. The van der Waals surface area contributed by atoms with Crippen LogP contribution in [0.4, 0.5) is 0 Å². The van der Waals surface area contributed by atoms with E-state index in [0.29, 0.717) is 5.56 Å². The molecule has 20 heavy (non-hydrogen) atoms. The lowest BCUT2D eigenvalue weighted by Gasteiger charge is -2.15. The van der Waals surface area contributed by atoms with E-state index in [9.17, 15) is 0 Å². The molecule has 100 valence electrons. The molecule has 2 aromatic rings. The third kappa shape index (κ3) is 1.97. The van der Waals surface area contributed by atoms with Crippen LogP contribution in [0.3, 0.4) is 0 Å². The maximum atomic E-state index is 9.05. The van der Waals surface area contributed by atoms with E-state index in [2.05, 4.69) is 26.7 Å². The van der Waals surface area contributed by atoms with E-state index in [1.807, 2.05) is 18.2 Å². The second-order valence-corrected chi connectivity index (χ2v) is 6.16. The van der Waals surface area contributed by atoms with Crippen LogP contribution in [0, 0.1) is 11.3 Å². The second-order valence-electron chi connectivity index (χ2n) is 4.41. The number of rotatable bonds is 1. The number of amidine groups is 1. The molecule has 0 bridgehead atoms. The fraction of sp³-hybridized carbons (Fsp3) is 0.143. The SMILES string of the molecule is Br.N#Cc1ccc2scc(C3=CSC4=NCCN34)c2c1. The van der Waals surface area contributed by atoms with E-state index >= 15 is 0 Å². The standard InChI is InChI=1S/C14H9N3S2.BrH/c15-6-9-1-2-13-10(5-9)11(7-18-13)12-8-19-14-16-3-4-17(12)14;/h1-2,5,7-8H,3-4H2;1H. The largest absolute Gasteiger partial charge is 0.318 e. The van der Waals surface area contributed by atoms with Crippen LogP contribution in [0.1, 0.15) is 11.1 Å². The average Bonchev–Trinajstić information content (AvgIpc) is 3.12. The van der Waals surface area contributed by atoms with Crippen LogP contribution in [0.15, 0.2) is 34.0 Å². The summed E-state index contributed by atoms with van der Waals surface area (Å²) in [5.41, 5.74) is 3.16. The van der Waals surface area contributed by atoms with Crippen molar-refractivity contribution in [1.29, 1.82) is 5.26 Å². The number of benzene rings is 1. The van der Waals surface area contributed by atoms with Gasteiger partial charge in [0.15, 0.2) is 5.17 Å². The Morgan fingerprint density at radius 1 is 1.35 bits per heavy atom. The van der Waals surface area contributed by atoms with Crippen molar-refractivity contribution in [3.63, 3.8) is 0 Å². The number of halogens is 1. The summed E-state index contributed by atoms with van der Waals surface area (Å²) >= 11 is 3.42. The van der Waals surface area contributed by atoms with Crippen molar-refractivity contribution in [2.75, 3.05) is 13.1 Å². The van der Waals surface area contributed by atoms with E-state index in [4.69, 9.17) is 5.26 Å². The summed E-state index contributed by atoms with van der Waals surface area (Å²) in [6.07, 6.45) is 0. The van der Waals surface area contributed by atoms with Gasteiger partial charge in [-0.1, -0.05) is 11.8 Å². The highest BCUT2D eigenvalue weighted by atomic mass is 79.9. The molecular formula is C14H10BrN3S2. The highest BCUT2D eigenvalue weighted by Crippen LogP contribution is 2.40. The summed E-state index contributed by atoms with van der Waals surface area (Å²) in [6.45, 7) is 1.84. The molecule has 0 atom stereocenters. The van der Waals surface area contributed by atoms with E-state index in [1.165, 1.54) is 21.3 Å². The Bertz CT molecular complexity index is 785. The first-order chi connectivity index (χ1) is 9.36. The molecule has 0 unspecified atom stereocenters. The number of fused-ring (bicyclic) bond motifs is 2. The molecule has 0 fully saturated rings. The number of thioether (sulfide) groups is 1. The highest BCUT2D eigenvalue weighted by molar-refractivity contribution is 8.93. The molecular weight excluding hydrogens is 354 g/mol. The number of nitriles is 1. The first-order valence-electron chi connectivity index (χ1n) is 5.97. The lowest BCUT2D eigenvalue weighted by atomic mass is 10.1. The topological polar surface area (TPSA) is 39.4 Å². The minimum absolute atomic E-state index is 0. The number of hydrogen-bond donors (Lipinski definition) is 0. The summed E-state index contributed by atoms with van der Waals surface area (Å²) in [7, 11) is 0. The quantitative estimate of drug-likeness (QED) is 0.766. The fourth-order valence-electron chi connectivity index (χ4n) is 2.43. The first kappa shape index (κ1) is 13.7. The van der Waals surface area contributed by atoms with Crippen molar-refractivity contribution in [3.8, 4) is 6.07 Å². The minimum Gasteiger partial charge on any atom is -0.318 e. The summed E-state index contributed by atoms with van der Waals surface area (Å²) in [5.74, 6) is 0. The van der Waals surface area contributed by atoms with Crippen molar-refractivity contribution >= 4 is 61.0 Å². The summed E-state index contributed by atoms with van der Waals surface area (Å²) in [5, 5.41) is 15.7. The molecule has 0 radical (unpaired) electrons. The molecule has 1 aromatic carbocycles. The van der Waals surface area contributed by atoms with Gasteiger partial charge in [-0.15, -0.1) is 28.3 Å². The molecule has 6 heteroatoms. The zero-order chi connectivity index (χ0) is 12.8. The van der Waals surface area contributed by atoms with Gasteiger partial charge in [0.2, 0.25) is 0 Å². The van der Waals surface area contributed by atoms with Gasteiger partial charge in [0.1, 0.15) is 0 Å². The highest BCUT2D eigenvalue weighted by Gasteiger charge is 2.28. The normalized spacial score (nSPS) is 16.4. The fourth-order valence-corrected chi connectivity index (χ4v) is 4.32. The monoisotopic (exact) mass is 363 g/mol. The van der Waals surface area contributed by atoms with Gasteiger partial charge in [0.05, 0.1) is 23.9 Å². The van der Waals surface area contributed by atoms with Crippen LogP contribution in [0.2, 0.25) is 0 Å². The van der Waals surface area contributed by atoms with Gasteiger partial charge in [-0.3, -0.25) is 4.99 Å². The van der Waals surface area contributed by atoms with Gasteiger partial charge in [-0.05, 0) is 18.2 Å². The van der Waals surface area contributed by atoms with Crippen LogP contribution in [0.25, 0.3) is 15.8 Å². The Morgan fingerprint density at radius 2 is 2.25 bits per heavy atom. The Hall–Kier alpha value is -1.29. The zero-order valence-electron chi connectivity index (χ0n) is 10.4. The van der Waals surface area contributed by atoms with Crippen molar-refractivity contribution in [1.82, 2.24) is 4.90 Å². The molecule has 2 aliphatic heterocycles. The Labute approximate surface area is 135 Å². The predicted molar refractivity (Wildman–Crippen MR) is 91.4 cm³/mol. The van der Waals surface area contributed by atoms with Crippen molar-refractivity contribution < 1.29 is 0 Å². The van der Waals surface area contributed by atoms with Crippen LogP contribution in [0.5, 0.6) is 0 Å². The molecule has 2 aliphatic rings. The third-order valence-electron chi connectivity index (χ3n) is 3.35. The molecule has 0 amide bonds. The Balaban J connectivity index is 0.00000121. The lowest BCUT2D eigenvalue weighted by molar-refractivity contribution is 0.651. The summed E-state index contributed by atoms with van der Waals surface area (Å²) < 4.78 is 1.23. The van der Waals surface area contributed by atoms with E-state index in [0.717, 1.165) is 18.3 Å². The van der Waals surface area contributed by atoms with Crippen LogP contribution >= 0.6 is 40.1 Å². The zero-order valence-corrected chi connectivity index (χ0v) is 13.7. The number of thiophene rings is 1. The molecule has 3 nitrogen and oxygen atoms in total. The third-order valence-corrected chi connectivity index (χ3v) is 5.21. The smallest absolute Gasteiger partial charge is 0.168 e. The summed E-state index contributed by atoms with van der Waals surface area (Å²) in [6, 6.07) is 8.11. The van der Waals surface area contributed by atoms with Gasteiger partial charge >= 0.3 is 0 Å². The number of aliphatic imine (C=N–C) groups is 1. The van der Waals surface area contributed by atoms with E-state index < -0.39 is 0 Å². The van der Waals surface area contributed by atoms with Gasteiger partial charge in [-0.25, -0.2) is 0 Å². The Morgan fingerprint density at radius 3 is 3.10 bits per heavy atom. The van der Waals surface area contributed by atoms with Gasteiger partial charge in [0, 0.05) is 33.0 Å². The molecule has 0 saturated heterocycles. The van der Waals surface area contributed by atoms with Crippen LogP contribution < -0.4 is 0 Å². The molecule has 0 aliphatic carbocycles. The number of nitrogens with zero attached hydrogens (tertiary/aromatic N) is 3. The van der Waals surface area contributed by atoms with Crippen LogP contribution in [-0.4, -0.2) is 23.2 Å². The molecule has 0 N–H and O–H groups in total. The molecule has 0 saturated carbocycles. The molecule has 3 heterocycles. The molecule has 0 spiro atoms.